The molecule has 0 aliphatic carbocycles. The van der Waals surface area contributed by atoms with Gasteiger partial charge in [0.1, 0.15) is 17.3 Å². The monoisotopic (exact) mass is 385 g/mol. The zero-order valence-electron chi connectivity index (χ0n) is 15.6. The Morgan fingerprint density at radius 1 is 0.964 bits per heavy atom. The molecule has 0 atom stereocenters. The molecule has 0 aliphatic heterocycles. The van der Waals surface area contributed by atoms with Crippen molar-refractivity contribution in [3.05, 3.63) is 78.4 Å². The minimum absolute atomic E-state index is 0.855. The molecule has 0 unspecified atom stereocenters. The highest BCUT2D eigenvalue weighted by molar-refractivity contribution is 7.23. The topological polar surface area (TPSA) is 38.6 Å². The summed E-state index contributed by atoms with van der Waals surface area (Å²) in [5.41, 5.74) is 5.43. The summed E-state index contributed by atoms with van der Waals surface area (Å²) in [6, 6.07) is 24.8. The maximum atomic E-state index is 5.39. The van der Waals surface area contributed by atoms with Crippen LogP contribution in [0.3, 0.4) is 0 Å². The lowest BCUT2D eigenvalue weighted by atomic mass is 10.1. The third-order valence-corrected chi connectivity index (χ3v) is 5.90. The predicted octanol–water partition coefficient (Wildman–Crippen LogP) is 6.28. The van der Waals surface area contributed by atoms with Crippen molar-refractivity contribution >= 4 is 38.0 Å². The van der Waals surface area contributed by atoms with Crippen molar-refractivity contribution in [2.75, 3.05) is 12.4 Å². The van der Waals surface area contributed by atoms with Crippen molar-refractivity contribution in [3.63, 3.8) is 0 Å². The summed E-state index contributed by atoms with van der Waals surface area (Å²) in [5.74, 6) is 1.83. The first-order valence-electron chi connectivity index (χ1n) is 9.11. The molecule has 4 nitrogen and oxygen atoms in total. The summed E-state index contributed by atoms with van der Waals surface area (Å²) < 4.78 is 8.74. The fourth-order valence-corrected chi connectivity index (χ4v) is 4.48. The number of hydrogen-bond donors (Lipinski definition) is 1. The van der Waals surface area contributed by atoms with Gasteiger partial charge in [0.25, 0.3) is 0 Å². The van der Waals surface area contributed by atoms with Gasteiger partial charge in [-0.1, -0.05) is 59.9 Å². The van der Waals surface area contributed by atoms with Gasteiger partial charge in [-0.05, 0) is 36.8 Å². The molecule has 0 spiro atoms. The number of fused-ring (bicyclic) bond motifs is 3. The second-order valence-electron chi connectivity index (χ2n) is 6.67. The summed E-state index contributed by atoms with van der Waals surface area (Å²) in [5, 5.41) is 3.65. The number of ether oxygens (including phenoxy) is 1. The molecule has 0 saturated heterocycles. The first-order chi connectivity index (χ1) is 13.7. The van der Waals surface area contributed by atoms with E-state index in [1.807, 2.05) is 30.3 Å². The Balaban J connectivity index is 1.78. The normalized spacial score (nSPS) is 11.2. The molecule has 2 aromatic heterocycles. The second kappa shape index (κ2) is 6.69. The Labute approximate surface area is 167 Å². The van der Waals surface area contributed by atoms with E-state index in [-0.39, 0.29) is 0 Å². The highest BCUT2D eigenvalue weighted by atomic mass is 32.1. The number of para-hydroxylation sites is 1. The number of nitrogens with one attached hydrogen (secondary N) is 1. The predicted molar refractivity (Wildman–Crippen MR) is 117 cm³/mol. The third kappa shape index (κ3) is 2.72. The number of anilines is 2. The maximum absolute atomic E-state index is 5.39. The van der Waals surface area contributed by atoms with Crippen LogP contribution in [0.1, 0.15) is 5.56 Å². The fourth-order valence-electron chi connectivity index (χ4n) is 3.43. The summed E-state index contributed by atoms with van der Waals surface area (Å²) in [4.78, 5) is 5.94. The summed E-state index contributed by atoms with van der Waals surface area (Å²) in [6.45, 7) is 2.11. The quantitative estimate of drug-likeness (QED) is 0.396. The Kier molecular flexibility index (Phi) is 4.02. The lowest BCUT2D eigenvalue weighted by molar-refractivity contribution is 0.415. The van der Waals surface area contributed by atoms with Crippen molar-refractivity contribution in [2.24, 2.45) is 0 Å². The Hall–Kier alpha value is -3.31. The van der Waals surface area contributed by atoms with Crippen molar-refractivity contribution in [1.29, 1.82) is 0 Å². The number of methoxy groups -OCH3 is 1. The summed E-state index contributed by atoms with van der Waals surface area (Å²) in [6.07, 6.45) is 0. The molecule has 0 radical (unpaired) electrons. The van der Waals surface area contributed by atoms with E-state index in [0.717, 1.165) is 43.7 Å². The molecule has 0 bridgehead atoms. The van der Waals surface area contributed by atoms with Crippen LogP contribution in [0.2, 0.25) is 0 Å². The minimum Gasteiger partial charge on any atom is -0.497 e. The molecule has 0 amide bonds. The van der Waals surface area contributed by atoms with Crippen molar-refractivity contribution in [3.8, 4) is 17.0 Å². The summed E-state index contributed by atoms with van der Waals surface area (Å²) in [7, 11) is 1.69. The zero-order valence-corrected chi connectivity index (χ0v) is 16.5. The highest BCUT2D eigenvalue weighted by Gasteiger charge is 2.19. The third-order valence-electron chi connectivity index (χ3n) is 4.90. The van der Waals surface area contributed by atoms with E-state index in [1.165, 1.54) is 5.56 Å². The van der Waals surface area contributed by atoms with E-state index in [9.17, 15) is 0 Å². The van der Waals surface area contributed by atoms with Gasteiger partial charge in [0.2, 0.25) is 0 Å². The molecule has 0 saturated carbocycles. The lowest BCUT2D eigenvalue weighted by Gasteiger charge is -2.11. The Bertz CT molecular complexity index is 1290. The average Bonchev–Trinajstić information content (AvgIpc) is 3.26. The van der Waals surface area contributed by atoms with Crippen LogP contribution in [-0.4, -0.2) is 16.5 Å². The Morgan fingerprint density at radius 2 is 1.75 bits per heavy atom. The molecule has 0 fully saturated rings. The number of rotatable bonds is 4. The van der Waals surface area contributed by atoms with Crippen molar-refractivity contribution in [2.45, 2.75) is 6.92 Å². The summed E-state index contributed by atoms with van der Waals surface area (Å²) >= 11 is 1.67. The molecule has 5 heteroatoms. The van der Waals surface area contributed by atoms with Crippen molar-refractivity contribution < 1.29 is 4.74 Å². The standard InChI is InChI=1S/C23H19N3OS/c1-15-8-6-7-11-18(15)24-22-21(16-9-4-3-5-10-16)25-23-26(22)19-13-12-17(27-2)14-20(19)28-23/h3-14,24H,1-2H3. The Morgan fingerprint density at radius 3 is 2.54 bits per heavy atom. The van der Waals surface area contributed by atoms with Gasteiger partial charge >= 0.3 is 0 Å². The number of aromatic nitrogens is 2. The van der Waals surface area contributed by atoms with E-state index in [4.69, 9.17) is 9.72 Å². The first kappa shape index (κ1) is 16.8. The SMILES string of the molecule is COc1ccc2c(c1)sc1nc(-c3ccccc3)c(Nc3ccccc3C)n12. The van der Waals surface area contributed by atoms with Gasteiger partial charge < -0.3 is 10.1 Å². The van der Waals surface area contributed by atoms with Gasteiger partial charge in [0, 0.05) is 11.3 Å². The number of thiazole rings is 1. The molecule has 138 valence electrons. The van der Waals surface area contributed by atoms with Crippen LogP contribution in [0.4, 0.5) is 11.5 Å². The van der Waals surface area contributed by atoms with E-state index in [0.29, 0.717) is 0 Å². The molecule has 0 aliphatic rings. The number of aryl methyl sites for hydroxylation is 1. The fraction of sp³-hybridized carbons (Fsp3) is 0.0870. The average molecular weight is 385 g/mol. The van der Waals surface area contributed by atoms with Crippen LogP contribution in [0.5, 0.6) is 5.75 Å². The van der Waals surface area contributed by atoms with Crippen LogP contribution < -0.4 is 10.1 Å². The molecule has 5 aromatic rings. The van der Waals surface area contributed by atoms with E-state index in [2.05, 4.69) is 59.1 Å². The molecule has 3 aromatic carbocycles. The van der Waals surface area contributed by atoms with Crippen LogP contribution in [-0.2, 0) is 0 Å². The van der Waals surface area contributed by atoms with Gasteiger partial charge in [-0.25, -0.2) is 4.98 Å². The van der Waals surface area contributed by atoms with Gasteiger partial charge in [-0.15, -0.1) is 0 Å². The lowest BCUT2D eigenvalue weighted by Crippen LogP contribution is -1.98. The molecule has 1 N–H and O–H groups in total. The van der Waals surface area contributed by atoms with Gasteiger partial charge in [0.05, 0.1) is 17.3 Å². The van der Waals surface area contributed by atoms with Crippen LogP contribution in [0, 0.1) is 6.92 Å². The maximum Gasteiger partial charge on any atom is 0.197 e. The molecular weight excluding hydrogens is 366 g/mol. The van der Waals surface area contributed by atoms with E-state index in [1.54, 1.807) is 18.4 Å². The smallest absolute Gasteiger partial charge is 0.197 e. The second-order valence-corrected chi connectivity index (χ2v) is 7.68. The van der Waals surface area contributed by atoms with Gasteiger partial charge in [0.15, 0.2) is 4.96 Å². The van der Waals surface area contributed by atoms with Crippen LogP contribution in [0.25, 0.3) is 26.4 Å². The zero-order chi connectivity index (χ0) is 19.1. The van der Waals surface area contributed by atoms with Crippen LogP contribution in [0.15, 0.2) is 72.8 Å². The van der Waals surface area contributed by atoms with E-state index < -0.39 is 0 Å². The first-order valence-corrected chi connectivity index (χ1v) is 9.93. The van der Waals surface area contributed by atoms with Crippen molar-refractivity contribution in [1.82, 2.24) is 9.38 Å². The number of imidazole rings is 1. The number of benzene rings is 3. The van der Waals surface area contributed by atoms with E-state index >= 15 is 0 Å². The highest BCUT2D eigenvalue weighted by Crippen LogP contribution is 2.38. The van der Waals surface area contributed by atoms with Gasteiger partial charge in [-0.2, -0.15) is 0 Å². The molecule has 5 rings (SSSR count). The molecule has 28 heavy (non-hydrogen) atoms. The molecule has 2 heterocycles. The van der Waals surface area contributed by atoms with Gasteiger partial charge in [-0.3, -0.25) is 4.40 Å². The van der Waals surface area contributed by atoms with Crippen LogP contribution >= 0.6 is 11.3 Å². The molecular formula is C23H19N3OS. The minimum atomic E-state index is 0.855. The number of nitrogens with zero attached hydrogens (tertiary/aromatic N) is 2. The number of hydrogen-bond acceptors (Lipinski definition) is 4. The largest absolute Gasteiger partial charge is 0.497 e.